The zero-order chi connectivity index (χ0) is 13.9. The largest absolute Gasteiger partial charge is 0.497 e. The molecule has 0 spiro atoms. The van der Waals surface area contributed by atoms with Crippen LogP contribution >= 0.6 is 0 Å². The maximum absolute atomic E-state index is 5.74. The van der Waals surface area contributed by atoms with Crippen LogP contribution in [0.1, 0.15) is 12.0 Å². The van der Waals surface area contributed by atoms with Gasteiger partial charge >= 0.3 is 0 Å². The second-order valence-electron chi connectivity index (χ2n) is 5.00. The summed E-state index contributed by atoms with van der Waals surface area (Å²) in [5.74, 6) is 1.89. The van der Waals surface area contributed by atoms with Gasteiger partial charge in [0.25, 0.3) is 0 Å². The van der Waals surface area contributed by atoms with Crippen LogP contribution in [0, 0.1) is 0 Å². The summed E-state index contributed by atoms with van der Waals surface area (Å²) in [5, 5.41) is 0. The van der Waals surface area contributed by atoms with Gasteiger partial charge < -0.3 is 14.4 Å². The average molecular weight is 269 g/mol. The average Bonchev–Trinajstić information content (AvgIpc) is 2.54. The molecule has 0 aliphatic carbocycles. The van der Waals surface area contributed by atoms with Crippen molar-refractivity contribution < 1.29 is 9.47 Å². The van der Waals surface area contributed by atoms with Crippen molar-refractivity contribution in [3.63, 3.8) is 0 Å². The third-order valence-corrected chi connectivity index (χ3v) is 3.75. The first kappa shape index (κ1) is 12.9. The molecule has 0 amide bonds. The van der Waals surface area contributed by atoms with E-state index in [1.807, 2.05) is 12.1 Å². The molecule has 2 aromatic rings. The van der Waals surface area contributed by atoms with Gasteiger partial charge in [-0.15, -0.1) is 0 Å². The van der Waals surface area contributed by atoms with Crippen molar-refractivity contribution in [1.29, 1.82) is 0 Å². The summed E-state index contributed by atoms with van der Waals surface area (Å²) < 4.78 is 10.9. The SMILES string of the molecule is COc1ccc(N(C)c2ccc3c(c2)OCCC3)cc1. The molecule has 0 saturated heterocycles. The molecule has 1 aliphatic rings. The maximum atomic E-state index is 5.74. The predicted molar refractivity (Wildman–Crippen MR) is 81.3 cm³/mol. The Kier molecular flexibility index (Phi) is 3.50. The van der Waals surface area contributed by atoms with Gasteiger partial charge in [-0.2, -0.15) is 0 Å². The van der Waals surface area contributed by atoms with E-state index in [-0.39, 0.29) is 0 Å². The van der Waals surface area contributed by atoms with Crippen LogP contribution in [0.25, 0.3) is 0 Å². The van der Waals surface area contributed by atoms with Gasteiger partial charge in [0.2, 0.25) is 0 Å². The lowest BCUT2D eigenvalue weighted by Gasteiger charge is -2.23. The number of fused-ring (bicyclic) bond motifs is 1. The molecule has 0 saturated carbocycles. The molecular weight excluding hydrogens is 250 g/mol. The maximum Gasteiger partial charge on any atom is 0.124 e. The number of nitrogens with zero attached hydrogens (tertiary/aromatic N) is 1. The van der Waals surface area contributed by atoms with Gasteiger partial charge in [-0.25, -0.2) is 0 Å². The van der Waals surface area contributed by atoms with Crippen molar-refractivity contribution in [3.8, 4) is 11.5 Å². The monoisotopic (exact) mass is 269 g/mol. The molecule has 2 aromatic carbocycles. The summed E-state index contributed by atoms with van der Waals surface area (Å²) in [5.41, 5.74) is 3.57. The molecule has 1 heterocycles. The molecule has 0 bridgehead atoms. The predicted octanol–water partition coefficient (Wildman–Crippen LogP) is 3.79. The Hall–Kier alpha value is -2.16. The van der Waals surface area contributed by atoms with E-state index >= 15 is 0 Å². The molecule has 0 fully saturated rings. The minimum Gasteiger partial charge on any atom is -0.497 e. The fraction of sp³-hybridized carbons (Fsp3) is 0.294. The zero-order valence-corrected chi connectivity index (χ0v) is 11.9. The highest BCUT2D eigenvalue weighted by Gasteiger charge is 2.12. The second-order valence-corrected chi connectivity index (χ2v) is 5.00. The van der Waals surface area contributed by atoms with Crippen molar-refractivity contribution in [3.05, 3.63) is 48.0 Å². The number of aryl methyl sites for hydroxylation is 1. The van der Waals surface area contributed by atoms with Crippen molar-refractivity contribution >= 4 is 11.4 Å². The van der Waals surface area contributed by atoms with Crippen LogP contribution in [0.3, 0.4) is 0 Å². The van der Waals surface area contributed by atoms with E-state index in [1.165, 1.54) is 5.56 Å². The first-order valence-electron chi connectivity index (χ1n) is 6.91. The van der Waals surface area contributed by atoms with Gasteiger partial charge in [0.15, 0.2) is 0 Å². The Labute approximate surface area is 119 Å². The highest BCUT2D eigenvalue weighted by molar-refractivity contribution is 5.65. The van der Waals surface area contributed by atoms with Crippen LogP contribution in [-0.4, -0.2) is 20.8 Å². The first-order chi connectivity index (χ1) is 9.78. The van der Waals surface area contributed by atoms with E-state index in [0.29, 0.717) is 0 Å². The zero-order valence-electron chi connectivity index (χ0n) is 11.9. The molecule has 3 heteroatoms. The van der Waals surface area contributed by atoms with Gasteiger partial charge in [0, 0.05) is 24.5 Å². The molecule has 0 atom stereocenters. The minimum atomic E-state index is 0.822. The number of hydrogen-bond acceptors (Lipinski definition) is 3. The fourth-order valence-electron chi connectivity index (χ4n) is 2.49. The summed E-state index contributed by atoms with van der Waals surface area (Å²) >= 11 is 0. The third kappa shape index (κ3) is 2.44. The Balaban J connectivity index is 1.87. The van der Waals surface area contributed by atoms with E-state index in [0.717, 1.165) is 42.3 Å². The van der Waals surface area contributed by atoms with Crippen molar-refractivity contribution in [1.82, 2.24) is 0 Å². The topological polar surface area (TPSA) is 21.7 Å². The fourth-order valence-corrected chi connectivity index (χ4v) is 2.49. The van der Waals surface area contributed by atoms with E-state index in [1.54, 1.807) is 7.11 Å². The van der Waals surface area contributed by atoms with Crippen LogP contribution in [-0.2, 0) is 6.42 Å². The second kappa shape index (κ2) is 5.45. The van der Waals surface area contributed by atoms with Gasteiger partial charge in [0.05, 0.1) is 13.7 Å². The molecule has 20 heavy (non-hydrogen) atoms. The number of anilines is 2. The van der Waals surface area contributed by atoms with E-state index < -0.39 is 0 Å². The van der Waals surface area contributed by atoms with Gasteiger partial charge in [0.1, 0.15) is 11.5 Å². The third-order valence-electron chi connectivity index (χ3n) is 3.75. The van der Waals surface area contributed by atoms with Crippen molar-refractivity contribution in [2.45, 2.75) is 12.8 Å². The lowest BCUT2D eigenvalue weighted by Crippen LogP contribution is -2.12. The van der Waals surface area contributed by atoms with E-state index in [2.05, 4.69) is 42.3 Å². The highest BCUT2D eigenvalue weighted by Crippen LogP contribution is 2.32. The van der Waals surface area contributed by atoms with Crippen molar-refractivity contribution in [2.75, 3.05) is 25.7 Å². The summed E-state index contributed by atoms with van der Waals surface area (Å²) in [4.78, 5) is 2.15. The lowest BCUT2D eigenvalue weighted by molar-refractivity contribution is 0.288. The van der Waals surface area contributed by atoms with Crippen LogP contribution in [0.5, 0.6) is 11.5 Å². The first-order valence-corrected chi connectivity index (χ1v) is 6.91. The van der Waals surface area contributed by atoms with E-state index in [4.69, 9.17) is 9.47 Å². The molecule has 3 rings (SSSR count). The van der Waals surface area contributed by atoms with Crippen LogP contribution < -0.4 is 14.4 Å². The molecule has 0 unspecified atom stereocenters. The lowest BCUT2D eigenvalue weighted by atomic mass is 10.1. The minimum absolute atomic E-state index is 0.822. The number of rotatable bonds is 3. The summed E-state index contributed by atoms with van der Waals surface area (Å²) in [6, 6.07) is 14.5. The number of ether oxygens (including phenoxy) is 2. The number of benzene rings is 2. The number of hydrogen-bond donors (Lipinski definition) is 0. The quantitative estimate of drug-likeness (QED) is 0.846. The van der Waals surface area contributed by atoms with Crippen LogP contribution in [0.15, 0.2) is 42.5 Å². The van der Waals surface area contributed by atoms with E-state index in [9.17, 15) is 0 Å². The molecule has 104 valence electrons. The Morgan fingerprint density at radius 3 is 2.55 bits per heavy atom. The summed E-state index contributed by atoms with van der Waals surface area (Å²) in [7, 11) is 3.74. The van der Waals surface area contributed by atoms with Gasteiger partial charge in [-0.1, -0.05) is 6.07 Å². The van der Waals surface area contributed by atoms with Crippen LogP contribution in [0.2, 0.25) is 0 Å². The normalized spacial score (nSPS) is 13.3. The molecule has 3 nitrogen and oxygen atoms in total. The van der Waals surface area contributed by atoms with Gasteiger partial charge in [-0.3, -0.25) is 0 Å². The van der Waals surface area contributed by atoms with Gasteiger partial charge in [-0.05, 0) is 48.7 Å². The van der Waals surface area contributed by atoms with Crippen molar-refractivity contribution in [2.24, 2.45) is 0 Å². The smallest absolute Gasteiger partial charge is 0.124 e. The Morgan fingerprint density at radius 2 is 1.80 bits per heavy atom. The van der Waals surface area contributed by atoms with Crippen LogP contribution in [0.4, 0.5) is 11.4 Å². The summed E-state index contributed by atoms with van der Waals surface area (Å²) in [6.45, 7) is 0.822. The summed E-state index contributed by atoms with van der Waals surface area (Å²) in [6.07, 6.45) is 2.22. The molecular formula is C17H19NO2. The highest BCUT2D eigenvalue weighted by atomic mass is 16.5. The Morgan fingerprint density at radius 1 is 1.05 bits per heavy atom. The standard InChI is InChI=1S/C17H19NO2/c1-18(14-7-9-16(19-2)10-8-14)15-6-5-13-4-3-11-20-17(13)12-15/h5-10,12H,3-4,11H2,1-2H3. The number of methoxy groups -OCH3 is 1. The Bertz CT molecular complexity index is 592. The molecule has 0 aromatic heterocycles. The molecule has 0 radical (unpaired) electrons. The molecule has 0 N–H and O–H groups in total. The molecule has 1 aliphatic heterocycles.